The molecule has 0 aromatic carbocycles. The molecular formula is C13H27NO2S. The third-order valence-corrected chi connectivity index (χ3v) is 3.93. The summed E-state index contributed by atoms with van der Waals surface area (Å²) in [6, 6.07) is 0.476. The van der Waals surface area contributed by atoms with Gasteiger partial charge in [0.25, 0.3) is 0 Å². The van der Waals surface area contributed by atoms with Crippen LogP contribution in [0.1, 0.15) is 39.0 Å². The van der Waals surface area contributed by atoms with Gasteiger partial charge in [-0.3, -0.25) is 0 Å². The molecule has 2 unspecified atom stereocenters. The van der Waals surface area contributed by atoms with Gasteiger partial charge in [-0.05, 0) is 38.2 Å². The van der Waals surface area contributed by atoms with E-state index < -0.39 is 0 Å². The summed E-state index contributed by atoms with van der Waals surface area (Å²) in [5.41, 5.74) is 0. The SMILES string of the molecule is CSCCC(C)NCC(O)COC1CCCC1. The van der Waals surface area contributed by atoms with Gasteiger partial charge in [-0.1, -0.05) is 12.8 Å². The summed E-state index contributed by atoms with van der Waals surface area (Å²) < 4.78 is 5.68. The van der Waals surface area contributed by atoms with Crippen molar-refractivity contribution < 1.29 is 9.84 Å². The summed E-state index contributed by atoms with van der Waals surface area (Å²) in [4.78, 5) is 0. The molecule has 0 heterocycles. The second-order valence-electron chi connectivity index (χ2n) is 4.98. The van der Waals surface area contributed by atoms with E-state index in [4.69, 9.17) is 4.74 Å². The number of nitrogens with one attached hydrogen (secondary N) is 1. The van der Waals surface area contributed by atoms with E-state index in [-0.39, 0.29) is 6.10 Å². The average molecular weight is 261 g/mol. The smallest absolute Gasteiger partial charge is 0.0897 e. The van der Waals surface area contributed by atoms with Crippen LogP contribution in [0, 0.1) is 0 Å². The monoisotopic (exact) mass is 261 g/mol. The summed E-state index contributed by atoms with van der Waals surface area (Å²) in [5, 5.41) is 13.1. The number of aliphatic hydroxyl groups excluding tert-OH is 1. The average Bonchev–Trinajstić information content (AvgIpc) is 2.84. The topological polar surface area (TPSA) is 41.5 Å². The maximum atomic E-state index is 9.79. The summed E-state index contributed by atoms with van der Waals surface area (Å²) in [6.45, 7) is 3.29. The molecule has 2 N–H and O–H groups in total. The summed E-state index contributed by atoms with van der Waals surface area (Å²) >= 11 is 1.86. The molecular weight excluding hydrogens is 234 g/mol. The zero-order chi connectivity index (χ0) is 12.5. The molecule has 0 saturated heterocycles. The van der Waals surface area contributed by atoms with Crippen LogP contribution in [0.25, 0.3) is 0 Å². The van der Waals surface area contributed by atoms with Crippen LogP contribution in [0.3, 0.4) is 0 Å². The number of ether oxygens (including phenoxy) is 1. The van der Waals surface area contributed by atoms with Crippen LogP contribution < -0.4 is 5.32 Å². The normalized spacial score (nSPS) is 20.6. The van der Waals surface area contributed by atoms with Crippen molar-refractivity contribution in [3.8, 4) is 0 Å². The quantitative estimate of drug-likeness (QED) is 0.666. The molecule has 102 valence electrons. The lowest BCUT2D eigenvalue weighted by Crippen LogP contribution is -2.36. The van der Waals surface area contributed by atoms with Crippen molar-refractivity contribution in [3.63, 3.8) is 0 Å². The van der Waals surface area contributed by atoms with Crippen molar-refractivity contribution in [2.24, 2.45) is 0 Å². The molecule has 0 aromatic rings. The molecule has 2 atom stereocenters. The minimum atomic E-state index is -0.368. The zero-order valence-electron chi connectivity index (χ0n) is 11.2. The molecule has 0 aromatic heterocycles. The van der Waals surface area contributed by atoms with Crippen LogP contribution in [0.5, 0.6) is 0 Å². The predicted octanol–water partition coefficient (Wildman–Crippen LogP) is 2.04. The van der Waals surface area contributed by atoms with Crippen molar-refractivity contribution in [3.05, 3.63) is 0 Å². The standard InChI is InChI=1S/C13H27NO2S/c1-11(7-8-17-2)14-9-12(15)10-16-13-5-3-4-6-13/h11-15H,3-10H2,1-2H3. The van der Waals surface area contributed by atoms with E-state index >= 15 is 0 Å². The van der Waals surface area contributed by atoms with Crippen LogP contribution >= 0.6 is 11.8 Å². The van der Waals surface area contributed by atoms with E-state index in [0.29, 0.717) is 25.3 Å². The Balaban J connectivity index is 1.97. The minimum Gasteiger partial charge on any atom is -0.389 e. The van der Waals surface area contributed by atoms with Gasteiger partial charge < -0.3 is 15.2 Å². The molecule has 0 aliphatic heterocycles. The Labute approximate surface area is 110 Å². The Bertz CT molecular complexity index is 186. The Morgan fingerprint density at radius 1 is 1.41 bits per heavy atom. The van der Waals surface area contributed by atoms with Gasteiger partial charge in [0.05, 0.1) is 18.8 Å². The minimum absolute atomic E-state index is 0.368. The number of hydrogen-bond acceptors (Lipinski definition) is 4. The van der Waals surface area contributed by atoms with Crippen LogP contribution in [0.15, 0.2) is 0 Å². The third kappa shape index (κ3) is 7.29. The molecule has 1 rings (SSSR count). The van der Waals surface area contributed by atoms with Gasteiger partial charge >= 0.3 is 0 Å². The van der Waals surface area contributed by atoms with Gasteiger partial charge in [-0.2, -0.15) is 11.8 Å². The molecule has 1 fully saturated rings. The fraction of sp³-hybridized carbons (Fsp3) is 1.00. The second kappa shape index (κ2) is 9.20. The van der Waals surface area contributed by atoms with Gasteiger partial charge in [0.1, 0.15) is 0 Å². The van der Waals surface area contributed by atoms with E-state index in [1.54, 1.807) is 0 Å². The highest BCUT2D eigenvalue weighted by atomic mass is 32.2. The zero-order valence-corrected chi connectivity index (χ0v) is 12.0. The van der Waals surface area contributed by atoms with Crippen LogP contribution in [0.2, 0.25) is 0 Å². The van der Waals surface area contributed by atoms with Crippen LogP contribution in [0.4, 0.5) is 0 Å². The highest BCUT2D eigenvalue weighted by Crippen LogP contribution is 2.20. The first-order valence-electron chi connectivity index (χ1n) is 6.74. The Hall–Kier alpha value is 0.230. The van der Waals surface area contributed by atoms with Gasteiger partial charge in [-0.25, -0.2) is 0 Å². The molecule has 1 aliphatic carbocycles. The molecule has 1 saturated carbocycles. The molecule has 0 bridgehead atoms. The lowest BCUT2D eigenvalue weighted by molar-refractivity contribution is -0.00609. The molecule has 0 radical (unpaired) electrons. The van der Waals surface area contributed by atoms with E-state index in [1.807, 2.05) is 11.8 Å². The number of hydrogen-bond donors (Lipinski definition) is 2. The first-order valence-corrected chi connectivity index (χ1v) is 8.13. The summed E-state index contributed by atoms with van der Waals surface area (Å²) in [7, 11) is 0. The maximum Gasteiger partial charge on any atom is 0.0897 e. The fourth-order valence-corrected chi connectivity index (χ4v) is 2.68. The molecule has 0 spiro atoms. The van der Waals surface area contributed by atoms with Gasteiger partial charge in [-0.15, -0.1) is 0 Å². The van der Waals surface area contributed by atoms with E-state index in [2.05, 4.69) is 18.5 Å². The van der Waals surface area contributed by atoms with Gasteiger partial charge in [0.2, 0.25) is 0 Å². The lowest BCUT2D eigenvalue weighted by atomic mass is 10.2. The maximum absolute atomic E-state index is 9.79. The van der Waals surface area contributed by atoms with Gasteiger partial charge in [0, 0.05) is 12.6 Å². The highest BCUT2D eigenvalue weighted by molar-refractivity contribution is 7.98. The first kappa shape index (κ1) is 15.3. The van der Waals surface area contributed by atoms with Crippen LogP contribution in [-0.4, -0.2) is 48.5 Å². The van der Waals surface area contributed by atoms with Crippen molar-refractivity contribution in [2.45, 2.75) is 57.3 Å². The highest BCUT2D eigenvalue weighted by Gasteiger charge is 2.17. The fourth-order valence-electron chi connectivity index (χ4n) is 2.10. The predicted molar refractivity (Wildman–Crippen MR) is 74.7 cm³/mol. The van der Waals surface area contributed by atoms with Crippen molar-refractivity contribution in [1.29, 1.82) is 0 Å². The van der Waals surface area contributed by atoms with E-state index in [1.165, 1.54) is 31.4 Å². The number of thioether (sulfide) groups is 1. The number of rotatable bonds is 9. The second-order valence-corrected chi connectivity index (χ2v) is 5.97. The molecule has 4 heteroatoms. The lowest BCUT2D eigenvalue weighted by Gasteiger charge is -2.18. The third-order valence-electron chi connectivity index (χ3n) is 3.28. The van der Waals surface area contributed by atoms with E-state index in [9.17, 15) is 5.11 Å². The van der Waals surface area contributed by atoms with Gasteiger partial charge in [0.15, 0.2) is 0 Å². The molecule has 3 nitrogen and oxygen atoms in total. The Kier molecular flexibility index (Phi) is 8.27. The van der Waals surface area contributed by atoms with Crippen molar-refractivity contribution in [2.75, 3.05) is 25.2 Å². The largest absolute Gasteiger partial charge is 0.389 e. The molecule has 0 amide bonds. The van der Waals surface area contributed by atoms with Crippen molar-refractivity contribution >= 4 is 11.8 Å². The molecule has 1 aliphatic rings. The van der Waals surface area contributed by atoms with Crippen molar-refractivity contribution in [1.82, 2.24) is 5.32 Å². The van der Waals surface area contributed by atoms with E-state index in [0.717, 1.165) is 6.42 Å². The molecule has 17 heavy (non-hydrogen) atoms. The Morgan fingerprint density at radius 3 is 2.76 bits per heavy atom. The first-order chi connectivity index (χ1) is 8.22. The summed E-state index contributed by atoms with van der Waals surface area (Å²) in [5.74, 6) is 1.17. The van der Waals surface area contributed by atoms with Crippen LogP contribution in [-0.2, 0) is 4.74 Å². The number of aliphatic hydroxyl groups is 1. The Morgan fingerprint density at radius 2 is 2.12 bits per heavy atom. The summed E-state index contributed by atoms with van der Waals surface area (Å²) in [6.07, 6.45) is 8.21.